The Balaban J connectivity index is 0.00000225. The van der Waals surface area contributed by atoms with Crippen molar-refractivity contribution in [2.45, 2.75) is 12.5 Å². The maximum absolute atomic E-state index is 11.5. The number of nitrogens with zero attached hydrogens (tertiary/aromatic N) is 1. The van der Waals surface area contributed by atoms with Crippen molar-refractivity contribution in [3.63, 3.8) is 0 Å². The smallest absolute Gasteiger partial charge is 0.224 e. The summed E-state index contributed by atoms with van der Waals surface area (Å²) < 4.78 is 10.4. The minimum absolute atomic E-state index is 0. The van der Waals surface area contributed by atoms with E-state index in [1.807, 2.05) is 0 Å². The number of likely N-dealkylation sites (N-methyl/N-ethyl adjacent to an activating group) is 1. The molecule has 5 nitrogen and oxygen atoms in total. The van der Waals surface area contributed by atoms with Crippen molar-refractivity contribution in [1.29, 1.82) is 0 Å². The van der Waals surface area contributed by atoms with E-state index in [-0.39, 0.29) is 18.3 Å². The second kappa shape index (κ2) is 8.75. The van der Waals surface area contributed by atoms with Crippen molar-refractivity contribution in [2.75, 3.05) is 47.0 Å². The molecule has 0 bridgehead atoms. The molecule has 1 aliphatic heterocycles. The van der Waals surface area contributed by atoms with Crippen LogP contribution < -0.4 is 5.32 Å². The average molecular weight is 253 g/mol. The van der Waals surface area contributed by atoms with Gasteiger partial charge in [0, 0.05) is 33.8 Å². The predicted octanol–water partition coefficient (Wildman–Crippen LogP) is -0.108. The molecular formula is C10H21ClN2O3. The fourth-order valence-electron chi connectivity index (χ4n) is 1.24. The van der Waals surface area contributed by atoms with Gasteiger partial charge in [-0.3, -0.25) is 4.79 Å². The highest BCUT2D eigenvalue weighted by Crippen LogP contribution is 2.00. The van der Waals surface area contributed by atoms with E-state index in [0.29, 0.717) is 32.3 Å². The van der Waals surface area contributed by atoms with E-state index in [1.54, 1.807) is 19.1 Å². The number of rotatable bonds is 7. The summed E-state index contributed by atoms with van der Waals surface area (Å²) in [5, 5.41) is 3.11. The topological polar surface area (TPSA) is 50.8 Å². The largest absolute Gasteiger partial charge is 0.383 e. The molecule has 1 N–H and O–H groups in total. The first-order valence-corrected chi connectivity index (χ1v) is 5.29. The molecule has 0 unspecified atom stereocenters. The molecule has 1 amide bonds. The number of carbonyl (C=O) groups is 1. The molecule has 96 valence electrons. The highest BCUT2D eigenvalue weighted by Gasteiger charge is 2.17. The third kappa shape index (κ3) is 5.65. The second-order valence-electron chi connectivity index (χ2n) is 3.71. The minimum atomic E-state index is 0. The standard InChI is InChI=1S/C10H20N2O3.ClH/c1-12(4-6-14-2)10(13)3-5-15-9-7-11-8-9;/h9,11H,3-8H2,1-2H3;1H. The molecular weight excluding hydrogens is 232 g/mol. The maximum Gasteiger partial charge on any atom is 0.224 e. The van der Waals surface area contributed by atoms with Gasteiger partial charge in [-0.25, -0.2) is 0 Å². The van der Waals surface area contributed by atoms with Gasteiger partial charge in [-0.05, 0) is 0 Å². The fraction of sp³-hybridized carbons (Fsp3) is 0.900. The summed E-state index contributed by atoms with van der Waals surface area (Å²) in [6, 6.07) is 0. The lowest BCUT2D eigenvalue weighted by Gasteiger charge is -2.27. The zero-order chi connectivity index (χ0) is 11.1. The van der Waals surface area contributed by atoms with Gasteiger partial charge in [-0.1, -0.05) is 0 Å². The van der Waals surface area contributed by atoms with Gasteiger partial charge < -0.3 is 19.7 Å². The van der Waals surface area contributed by atoms with Crippen molar-refractivity contribution in [3.8, 4) is 0 Å². The minimum Gasteiger partial charge on any atom is -0.383 e. The molecule has 0 atom stereocenters. The van der Waals surface area contributed by atoms with Crippen LogP contribution in [0.25, 0.3) is 0 Å². The Hall–Kier alpha value is -0.360. The number of hydrogen-bond acceptors (Lipinski definition) is 4. The van der Waals surface area contributed by atoms with E-state index < -0.39 is 0 Å². The second-order valence-corrected chi connectivity index (χ2v) is 3.71. The summed E-state index contributed by atoms with van der Waals surface area (Å²) in [5.41, 5.74) is 0. The first-order valence-electron chi connectivity index (χ1n) is 5.29. The monoisotopic (exact) mass is 252 g/mol. The lowest BCUT2D eigenvalue weighted by atomic mass is 10.2. The number of carbonyl (C=O) groups excluding carboxylic acids is 1. The lowest BCUT2D eigenvalue weighted by Crippen LogP contribution is -2.48. The zero-order valence-corrected chi connectivity index (χ0v) is 10.7. The molecule has 6 heteroatoms. The quantitative estimate of drug-likeness (QED) is 0.687. The van der Waals surface area contributed by atoms with Crippen LogP contribution in [0.1, 0.15) is 6.42 Å². The predicted molar refractivity (Wildman–Crippen MR) is 64.0 cm³/mol. The van der Waals surface area contributed by atoms with Crippen LogP contribution in [-0.4, -0.2) is 63.9 Å². The van der Waals surface area contributed by atoms with Crippen molar-refractivity contribution in [3.05, 3.63) is 0 Å². The third-order valence-electron chi connectivity index (χ3n) is 2.47. The molecule has 0 aromatic heterocycles. The van der Waals surface area contributed by atoms with Crippen LogP contribution in [0.2, 0.25) is 0 Å². The van der Waals surface area contributed by atoms with Gasteiger partial charge in [0.2, 0.25) is 5.91 Å². The Labute approximate surface area is 103 Å². The normalized spacial score (nSPS) is 15.1. The van der Waals surface area contributed by atoms with Gasteiger partial charge in [0.15, 0.2) is 0 Å². The Kier molecular flexibility index (Phi) is 8.56. The van der Waals surface area contributed by atoms with E-state index in [4.69, 9.17) is 9.47 Å². The summed E-state index contributed by atoms with van der Waals surface area (Å²) in [7, 11) is 3.41. The zero-order valence-electron chi connectivity index (χ0n) is 9.90. The highest BCUT2D eigenvalue weighted by atomic mass is 35.5. The summed E-state index contributed by atoms with van der Waals surface area (Å²) in [4.78, 5) is 13.2. The SMILES string of the molecule is COCCN(C)C(=O)CCOC1CNC1.Cl. The summed E-state index contributed by atoms with van der Waals surface area (Å²) >= 11 is 0. The maximum atomic E-state index is 11.5. The number of nitrogens with one attached hydrogen (secondary N) is 1. The number of hydrogen-bond donors (Lipinski definition) is 1. The van der Waals surface area contributed by atoms with E-state index in [0.717, 1.165) is 13.1 Å². The molecule has 16 heavy (non-hydrogen) atoms. The van der Waals surface area contributed by atoms with Crippen LogP contribution in [0.3, 0.4) is 0 Å². The number of amides is 1. The van der Waals surface area contributed by atoms with Gasteiger partial charge in [0.1, 0.15) is 0 Å². The molecule has 1 rings (SSSR count). The molecule has 1 heterocycles. The van der Waals surface area contributed by atoms with E-state index in [1.165, 1.54) is 0 Å². The molecule has 0 aromatic carbocycles. The molecule has 1 aliphatic rings. The first-order chi connectivity index (χ1) is 7.24. The van der Waals surface area contributed by atoms with Crippen molar-refractivity contribution < 1.29 is 14.3 Å². The molecule has 0 aliphatic carbocycles. The van der Waals surface area contributed by atoms with Crippen molar-refractivity contribution in [1.82, 2.24) is 10.2 Å². The number of methoxy groups -OCH3 is 1. The third-order valence-corrected chi connectivity index (χ3v) is 2.47. The van der Waals surface area contributed by atoms with Gasteiger partial charge >= 0.3 is 0 Å². The Bertz CT molecular complexity index is 201. The molecule has 0 aromatic rings. The average Bonchev–Trinajstić information content (AvgIpc) is 2.17. The lowest BCUT2D eigenvalue weighted by molar-refractivity contribution is -0.132. The van der Waals surface area contributed by atoms with Gasteiger partial charge in [-0.15, -0.1) is 12.4 Å². The summed E-state index contributed by atoms with van der Waals surface area (Å²) in [6.07, 6.45) is 0.763. The first kappa shape index (κ1) is 15.6. The Morgan fingerprint density at radius 3 is 2.62 bits per heavy atom. The van der Waals surface area contributed by atoms with Crippen LogP contribution in [0.4, 0.5) is 0 Å². The van der Waals surface area contributed by atoms with Crippen LogP contribution in [0.5, 0.6) is 0 Å². The van der Waals surface area contributed by atoms with Gasteiger partial charge in [-0.2, -0.15) is 0 Å². The number of ether oxygens (including phenoxy) is 2. The van der Waals surface area contributed by atoms with Crippen molar-refractivity contribution >= 4 is 18.3 Å². The van der Waals surface area contributed by atoms with Gasteiger partial charge in [0.05, 0.1) is 25.7 Å². The molecule has 0 saturated carbocycles. The summed E-state index contributed by atoms with van der Waals surface area (Å²) in [5.74, 6) is 0.110. The molecule has 0 radical (unpaired) electrons. The van der Waals surface area contributed by atoms with E-state index >= 15 is 0 Å². The molecule has 1 fully saturated rings. The number of halogens is 1. The van der Waals surface area contributed by atoms with Crippen LogP contribution in [0, 0.1) is 0 Å². The van der Waals surface area contributed by atoms with E-state index in [9.17, 15) is 4.79 Å². The molecule has 1 saturated heterocycles. The van der Waals surface area contributed by atoms with E-state index in [2.05, 4.69) is 5.32 Å². The molecule has 0 spiro atoms. The van der Waals surface area contributed by atoms with Crippen LogP contribution in [0.15, 0.2) is 0 Å². The van der Waals surface area contributed by atoms with Crippen molar-refractivity contribution in [2.24, 2.45) is 0 Å². The Morgan fingerprint density at radius 2 is 2.12 bits per heavy atom. The van der Waals surface area contributed by atoms with Crippen LogP contribution >= 0.6 is 12.4 Å². The van der Waals surface area contributed by atoms with Gasteiger partial charge in [0.25, 0.3) is 0 Å². The summed E-state index contributed by atoms with van der Waals surface area (Å²) in [6.45, 7) is 3.56. The Morgan fingerprint density at radius 1 is 1.44 bits per heavy atom. The van der Waals surface area contributed by atoms with Crippen LogP contribution in [-0.2, 0) is 14.3 Å². The highest BCUT2D eigenvalue weighted by molar-refractivity contribution is 5.85. The fourth-order valence-corrected chi connectivity index (χ4v) is 1.24.